The van der Waals surface area contributed by atoms with Gasteiger partial charge in [-0.15, -0.1) is 0 Å². The highest BCUT2D eigenvalue weighted by Crippen LogP contribution is 2.12. The van der Waals surface area contributed by atoms with E-state index in [1.807, 2.05) is 0 Å². The summed E-state index contributed by atoms with van der Waals surface area (Å²) >= 11 is 3.34. The van der Waals surface area contributed by atoms with Gasteiger partial charge in [0, 0.05) is 25.5 Å². The molecule has 4 heteroatoms. The van der Waals surface area contributed by atoms with Crippen molar-refractivity contribution in [3.05, 3.63) is 17.8 Å². The van der Waals surface area contributed by atoms with E-state index in [2.05, 4.69) is 20.9 Å². The quantitative estimate of drug-likeness (QED) is 0.578. The molecule has 0 aromatic carbocycles. The Labute approximate surface area is 80.3 Å². The lowest BCUT2D eigenvalue weighted by molar-refractivity contribution is 0.193. The molecule has 68 valence electrons. The summed E-state index contributed by atoms with van der Waals surface area (Å²) in [6.45, 7) is 0.766. The zero-order valence-electron chi connectivity index (χ0n) is 7.05. The first kappa shape index (κ1) is 9.74. The third kappa shape index (κ3) is 2.60. The van der Waals surface area contributed by atoms with E-state index >= 15 is 0 Å². The van der Waals surface area contributed by atoms with Crippen LogP contribution in [-0.4, -0.2) is 18.7 Å². The first-order valence-electron chi connectivity index (χ1n) is 3.84. The Morgan fingerprint density at radius 1 is 1.67 bits per heavy atom. The van der Waals surface area contributed by atoms with Gasteiger partial charge in [-0.3, -0.25) is 0 Å². The molecule has 1 aromatic rings. The third-order valence-corrected chi connectivity index (χ3v) is 2.14. The second-order valence-corrected chi connectivity index (χ2v) is 3.01. The molecule has 1 aromatic heterocycles. The molecule has 0 aliphatic carbocycles. The van der Waals surface area contributed by atoms with Gasteiger partial charge in [0.05, 0.1) is 5.69 Å². The molecule has 0 radical (unpaired) electrons. The molecule has 12 heavy (non-hydrogen) atoms. The van der Waals surface area contributed by atoms with E-state index in [4.69, 9.17) is 9.15 Å². The van der Waals surface area contributed by atoms with Gasteiger partial charge in [0.2, 0.25) is 0 Å². The number of hydrogen-bond acceptors (Lipinski definition) is 3. The number of rotatable bonds is 5. The van der Waals surface area contributed by atoms with Crippen LogP contribution >= 0.6 is 15.9 Å². The molecule has 0 fully saturated rings. The molecule has 0 saturated carbocycles. The molecule has 0 N–H and O–H groups in total. The largest absolute Gasteiger partial charge is 0.448 e. The summed E-state index contributed by atoms with van der Waals surface area (Å²) in [5, 5.41) is 0.756. The third-order valence-electron chi connectivity index (χ3n) is 1.60. The maximum atomic E-state index is 5.21. The van der Waals surface area contributed by atoms with Gasteiger partial charge in [0.1, 0.15) is 5.76 Å². The fourth-order valence-corrected chi connectivity index (χ4v) is 1.44. The molecule has 0 aliphatic heterocycles. The Hall–Kier alpha value is -0.350. The van der Waals surface area contributed by atoms with E-state index < -0.39 is 0 Å². The minimum Gasteiger partial charge on any atom is -0.448 e. The van der Waals surface area contributed by atoms with Gasteiger partial charge < -0.3 is 9.15 Å². The summed E-state index contributed by atoms with van der Waals surface area (Å²) in [4.78, 5) is 4.06. The van der Waals surface area contributed by atoms with Crippen molar-refractivity contribution in [2.45, 2.75) is 18.2 Å². The molecule has 0 aliphatic rings. The average molecular weight is 234 g/mol. The average Bonchev–Trinajstić information content (AvgIpc) is 2.52. The molecule has 0 amide bonds. The maximum Gasteiger partial charge on any atom is 0.181 e. The van der Waals surface area contributed by atoms with Crippen LogP contribution in [0.25, 0.3) is 0 Å². The standard InChI is InChI=1S/C8H12BrNO2/c1-11-4-2-3-8-7(5-9)10-6-12-8/h6H,2-5H2,1H3. The number of aromatic nitrogens is 1. The first-order chi connectivity index (χ1) is 5.88. The van der Waals surface area contributed by atoms with E-state index in [0.29, 0.717) is 0 Å². The van der Waals surface area contributed by atoms with E-state index in [0.717, 1.165) is 36.2 Å². The topological polar surface area (TPSA) is 35.3 Å². The van der Waals surface area contributed by atoms with E-state index in [1.165, 1.54) is 6.39 Å². The molecule has 0 atom stereocenters. The maximum absolute atomic E-state index is 5.21. The number of hydrogen-bond donors (Lipinski definition) is 0. The van der Waals surface area contributed by atoms with Crippen molar-refractivity contribution in [3.63, 3.8) is 0 Å². The zero-order valence-corrected chi connectivity index (χ0v) is 8.63. The zero-order chi connectivity index (χ0) is 8.81. The predicted molar refractivity (Wildman–Crippen MR) is 49.3 cm³/mol. The monoisotopic (exact) mass is 233 g/mol. The van der Waals surface area contributed by atoms with Gasteiger partial charge in [-0.1, -0.05) is 15.9 Å². The minimum absolute atomic E-state index is 0.756. The van der Waals surface area contributed by atoms with Crippen molar-refractivity contribution in [1.82, 2.24) is 4.98 Å². The molecule has 1 rings (SSSR count). The highest BCUT2D eigenvalue weighted by atomic mass is 79.9. The normalized spacial score (nSPS) is 10.5. The molecule has 0 spiro atoms. The van der Waals surface area contributed by atoms with Crippen LogP contribution in [0.4, 0.5) is 0 Å². The lowest BCUT2D eigenvalue weighted by Gasteiger charge is -1.97. The minimum atomic E-state index is 0.756. The highest BCUT2D eigenvalue weighted by Gasteiger charge is 2.05. The SMILES string of the molecule is COCCCc1ocnc1CBr. The molecule has 1 heterocycles. The summed E-state index contributed by atoms with van der Waals surface area (Å²) in [5.41, 5.74) is 0.992. The summed E-state index contributed by atoms with van der Waals surface area (Å²) < 4.78 is 10.1. The fraction of sp³-hybridized carbons (Fsp3) is 0.625. The van der Waals surface area contributed by atoms with Gasteiger partial charge in [0.25, 0.3) is 0 Å². The van der Waals surface area contributed by atoms with Crippen LogP contribution in [-0.2, 0) is 16.5 Å². The second-order valence-electron chi connectivity index (χ2n) is 2.45. The Morgan fingerprint density at radius 3 is 3.17 bits per heavy atom. The van der Waals surface area contributed by atoms with Crippen LogP contribution < -0.4 is 0 Å². The summed E-state index contributed by atoms with van der Waals surface area (Å²) in [7, 11) is 1.70. The number of oxazole rings is 1. The van der Waals surface area contributed by atoms with Gasteiger partial charge in [-0.05, 0) is 6.42 Å². The lowest BCUT2D eigenvalue weighted by Crippen LogP contribution is -1.94. The van der Waals surface area contributed by atoms with Crippen LogP contribution in [0.1, 0.15) is 17.9 Å². The van der Waals surface area contributed by atoms with E-state index in [1.54, 1.807) is 7.11 Å². The predicted octanol–water partition coefficient (Wildman–Crippen LogP) is 2.15. The van der Waals surface area contributed by atoms with E-state index in [-0.39, 0.29) is 0 Å². The fourth-order valence-electron chi connectivity index (χ4n) is 0.983. The van der Waals surface area contributed by atoms with Crippen molar-refractivity contribution >= 4 is 15.9 Å². The number of methoxy groups -OCH3 is 1. The molecule has 0 unspecified atom stereocenters. The highest BCUT2D eigenvalue weighted by molar-refractivity contribution is 9.08. The van der Waals surface area contributed by atoms with Gasteiger partial charge in [-0.2, -0.15) is 0 Å². The molecule has 3 nitrogen and oxygen atoms in total. The molecular formula is C8H12BrNO2. The van der Waals surface area contributed by atoms with Gasteiger partial charge in [-0.25, -0.2) is 4.98 Å². The lowest BCUT2D eigenvalue weighted by atomic mass is 10.2. The van der Waals surface area contributed by atoms with Gasteiger partial charge >= 0.3 is 0 Å². The summed E-state index contributed by atoms with van der Waals surface area (Å²) in [5.74, 6) is 0.962. The second kappa shape index (κ2) is 5.32. The first-order valence-corrected chi connectivity index (χ1v) is 4.96. The number of ether oxygens (including phenoxy) is 1. The Morgan fingerprint density at radius 2 is 2.50 bits per heavy atom. The molecular weight excluding hydrogens is 222 g/mol. The molecule has 0 bridgehead atoms. The van der Waals surface area contributed by atoms with Crippen LogP contribution in [0.5, 0.6) is 0 Å². The number of aryl methyl sites for hydroxylation is 1. The smallest absolute Gasteiger partial charge is 0.181 e. The van der Waals surface area contributed by atoms with Crippen LogP contribution in [0, 0.1) is 0 Å². The Balaban J connectivity index is 2.39. The van der Waals surface area contributed by atoms with Crippen molar-refractivity contribution in [3.8, 4) is 0 Å². The van der Waals surface area contributed by atoms with Crippen molar-refractivity contribution < 1.29 is 9.15 Å². The number of halogens is 1. The van der Waals surface area contributed by atoms with Crippen molar-refractivity contribution in [2.24, 2.45) is 0 Å². The van der Waals surface area contributed by atoms with Crippen molar-refractivity contribution in [1.29, 1.82) is 0 Å². The van der Waals surface area contributed by atoms with Crippen LogP contribution in [0.15, 0.2) is 10.8 Å². The number of alkyl halides is 1. The van der Waals surface area contributed by atoms with Crippen molar-refractivity contribution in [2.75, 3.05) is 13.7 Å². The van der Waals surface area contributed by atoms with Crippen LogP contribution in [0.2, 0.25) is 0 Å². The van der Waals surface area contributed by atoms with E-state index in [9.17, 15) is 0 Å². The Bertz CT molecular complexity index is 225. The van der Waals surface area contributed by atoms with Crippen LogP contribution in [0.3, 0.4) is 0 Å². The van der Waals surface area contributed by atoms with Gasteiger partial charge in [0.15, 0.2) is 6.39 Å². The number of nitrogens with zero attached hydrogens (tertiary/aromatic N) is 1. The Kier molecular flexibility index (Phi) is 4.32. The summed E-state index contributed by atoms with van der Waals surface area (Å²) in [6, 6.07) is 0. The summed E-state index contributed by atoms with van der Waals surface area (Å²) in [6.07, 6.45) is 3.36. The molecule has 0 saturated heterocycles.